The van der Waals surface area contributed by atoms with Crippen molar-refractivity contribution < 1.29 is 13.9 Å². The van der Waals surface area contributed by atoms with Crippen molar-refractivity contribution >= 4 is 17.5 Å². The van der Waals surface area contributed by atoms with Gasteiger partial charge in [-0.3, -0.25) is 4.79 Å². The molecule has 22 heavy (non-hydrogen) atoms. The van der Waals surface area contributed by atoms with E-state index in [4.69, 9.17) is 16.3 Å². The molecule has 0 aliphatic carbocycles. The Labute approximate surface area is 134 Å². The summed E-state index contributed by atoms with van der Waals surface area (Å²) in [6, 6.07) is 11.3. The Kier molecular flexibility index (Phi) is 5.39. The minimum Gasteiger partial charge on any atom is -0.481 e. The lowest BCUT2D eigenvalue weighted by molar-refractivity contribution is -0.127. The fourth-order valence-electron chi connectivity index (χ4n) is 1.93. The van der Waals surface area contributed by atoms with Gasteiger partial charge in [-0.15, -0.1) is 0 Å². The van der Waals surface area contributed by atoms with Gasteiger partial charge in [0.2, 0.25) is 0 Å². The largest absolute Gasteiger partial charge is 0.481 e. The van der Waals surface area contributed by atoms with E-state index in [1.54, 1.807) is 37.3 Å². The van der Waals surface area contributed by atoms with Crippen LogP contribution in [0.25, 0.3) is 0 Å². The van der Waals surface area contributed by atoms with Gasteiger partial charge < -0.3 is 10.1 Å². The van der Waals surface area contributed by atoms with Gasteiger partial charge in [0.25, 0.3) is 5.91 Å². The molecule has 3 nitrogen and oxygen atoms in total. The van der Waals surface area contributed by atoms with Crippen LogP contribution in [0.15, 0.2) is 42.5 Å². The Morgan fingerprint density at radius 3 is 2.77 bits per heavy atom. The van der Waals surface area contributed by atoms with Gasteiger partial charge in [0.1, 0.15) is 11.6 Å². The van der Waals surface area contributed by atoms with Crippen molar-refractivity contribution in [1.29, 1.82) is 0 Å². The number of hydrogen-bond acceptors (Lipinski definition) is 2. The fourth-order valence-corrected chi connectivity index (χ4v) is 2.05. The lowest BCUT2D eigenvalue weighted by atomic mass is 10.2. The number of amides is 1. The predicted molar refractivity (Wildman–Crippen MR) is 84.5 cm³/mol. The molecule has 0 fully saturated rings. The van der Waals surface area contributed by atoms with Crippen LogP contribution in [0.2, 0.25) is 5.02 Å². The molecule has 0 spiro atoms. The number of ether oxygens (including phenoxy) is 1. The number of halogens is 2. The van der Waals surface area contributed by atoms with E-state index in [9.17, 15) is 9.18 Å². The van der Waals surface area contributed by atoms with Crippen LogP contribution in [0.3, 0.4) is 0 Å². The molecule has 0 saturated carbocycles. The molecule has 0 aromatic heterocycles. The summed E-state index contributed by atoms with van der Waals surface area (Å²) < 4.78 is 18.6. The highest BCUT2D eigenvalue weighted by atomic mass is 35.5. The molecule has 1 N–H and O–H groups in total. The van der Waals surface area contributed by atoms with Crippen molar-refractivity contribution in [1.82, 2.24) is 5.32 Å². The van der Waals surface area contributed by atoms with E-state index in [2.05, 4.69) is 5.32 Å². The number of hydrogen-bond donors (Lipinski definition) is 1. The highest BCUT2D eigenvalue weighted by Gasteiger charge is 2.14. The summed E-state index contributed by atoms with van der Waals surface area (Å²) in [5.74, 6) is -0.0140. The third kappa shape index (κ3) is 4.46. The molecule has 0 bridgehead atoms. The van der Waals surface area contributed by atoms with Gasteiger partial charge in [-0.2, -0.15) is 0 Å². The highest BCUT2D eigenvalue weighted by molar-refractivity contribution is 6.31. The van der Waals surface area contributed by atoms with Crippen LogP contribution in [-0.4, -0.2) is 12.0 Å². The number of carbonyl (C=O) groups is 1. The molecule has 1 atom stereocenters. The zero-order valence-electron chi connectivity index (χ0n) is 12.4. The van der Waals surface area contributed by atoms with Gasteiger partial charge >= 0.3 is 0 Å². The van der Waals surface area contributed by atoms with Gasteiger partial charge in [-0.1, -0.05) is 23.7 Å². The number of aryl methyl sites for hydroxylation is 1. The van der Waals surface area contributed by atoms with Crippen LogP contribution < -0.4 is 10.1 Å². The average Bonchev–Trinajstić information content (AvgIpc) is 2.48. The summed E-state index contributed by atoms with van der Waals surface area (Å²) in [6.07, 6.45) is -0.658. The normalized spacial score (nSPS) is 11.8. The van der Waals surface area contributed by atoms with E-state index in [0.717, 1.165) is 5.56 Å². The number of carbonyl (C=O) groups excluding carboxylic acids is 1. The topological polar surface area (TPSA) is 38.3 Å². The molecule has 1 unspecified atom stereocenters. The zero-order chi connectivity index (χ0) is 16.1. The molecular weight excluding hydrogens is 305 g/mol. The smallest absolute Gasteiger partial charge is 0.261 e. The minimum absolute atomic E-state index is 0.254. The molecule has 116 valence electrons. The van der Waals surface area contributed by atoms with Crippen LogP contribution in [0.5, 0.6) is 5.75 Å². The van der Waals surface area contributed by atoms with Crippen molar-refractivity contribution in [3.8, 4) is 5.75 Å². The second kappa shape index (κ2) is 7.27. The monoisotopic (exact) mass is 321 g/mol. The van der Waals surface area contributed by atoms with E-state index in [1.807, 2.05) is 6.92 Å². The Morgan fingerprint density at radius 1 is 1.32 bits per heavy atom. The molecule has 1 amide bonds. The summed E-state index contributed by atoms with van der Waals surface area (Å²) >= 11 is 5.94. The first-order valence-corrected chi connectivity index (χ1v) is 7.28. The summed E-state index contributed by atoms with van der Waals surface area (Å²) in [6.45, 7) is 3.78. The van der Waals surface area contributed by atoms with Crippen molar-refractivity contribution in [3.63, 3.8) is 0 Å². The van der Waals surface area contributed by atoms with Gasteiger partial charge in [0.15, 0.2) is 6.10 Å². The van der Waals surface area contributed by atoms with E-state index < -0.39 is 6.10 Å². The van der Waals surface area contributed by atoms with Gasteiger partial charge in [0, 0.05) is 11.6 Å². The quantitative estimate of drug-likeness (QED) is 0.907. The number of nitrogens with one attached hydrogen (secondary N) is 1. The summed E-state index contributed by atoms with van der Waals surface area (Å²) in [4.78, 5) is 12.0. The molecule has 5 heteroatoms. The first kappa shape index (κ1) is 16.3. The lowest BCUT2D eigenvalue weighted by Crippen LogP contribution is -2.35. The lowest BCUT2D eigenvalue weighted by Gasteiger charge is -2.15. The maximum absolute atomic E-state index is 13.1. The SMILES string of the molecule is Cc1cc(OC(C)C(=O)NCc2cccc(F)c2)ccc1Cl. The van der Waals surface area contributed by atoms with Crippen LogP contribution in [0, 0.1) is 12.7 Å². The molecule has 0 radical (unpaired) electrons. The molecule has 0 aliphatic heterocycles. The molecule has 2 rings (SSSR count). The van der Waals surface area contributed by atoms with Crippen molar-refractivity contribution in [2.75, 3.05) is 0 Å². The molecule has 0 aliphatic rings. The van der Waals surface area contributed by atoms with Gasteiger partial charge in [0.05, 0.1) is 0 Å². The van der Waals surface area contributed by atoms with Crippen LogP contribution in [-0.2, 0) is 11.3 Å². The zero-order valence-corrected chi connectivity index (χ0v) is 13.2. The summed E-state index contributed by atoms with van der Waals surface area (Å²) in [5.41, 5.74) is 1.58. The maximum Gasteiger partial charge on any atom is 0.261 e. The van der Waals surface area contributed by atoms with E-state index in [1.165, 1.54) is 12.1 Å². The third-order valence-corrected chi connectivity index (χ3v) is 3.59. The van der Waals surface area contributed by atoms with Crippen molar-refractivity contribution in [3.05, 3.63) is 64.4 Å². The molecule has 2 aromatic rings. The van der Waals surface area contributed by atoms with Crippen LogP contribution in [0.1, 0.15) is 18.1 Å². The fraction of sp³-hybridized carbons (Fsp3) is 0.235. The van der Waals surface area contributed by atoms with Crippen molar-refractivity contribution in [2.24, 2.45) is 0 Å². The second-order valence-electron chi connectivity index (χ2n) is 5.02. The summed E-state index contributed by atoms with van der Waals surface area (Å²) in [5, 5.41) is 3.36. The number of rotatable bonds is 5. The van der Waals surface area contributed by atoms with Crippen LogP contribution >= 0.6 is 11.6 Å². The Bertz CT molecular complexity index is 675. The standard InChI is InChI=1S/C17H17ClFNO2/c1-11-8-15(6-7-16(11)18)22-12(2)17(21)20-10-13-4-3-5-14(19)9-13/h3-9,12H,10H2,1-2H3,(H,20,21). The average molecular weight is 322 g/mol. The summed E-state index contributed by atoms with van der Waals surface area (Å²) in [7, 11) is 0. The molecule has 2 aromatic carbocycles. The third-order valence-electron chi connectivity index (χ3n) is 3.17. The van der Waals surface area contributed by atoms with E-state index in [0.29, 0.717) is 16.3 Å². The van der Waals surface area contributed by atoms with Gasteiger partial charge in [-0.25, -0.2) is 4.39 Å². The molecule has 0 heterocycles. The molecular formula is C17H17ClFNO2. The Hall–Kier alpha value is -2.07. The number of benzene rings is 2. The minimum atomic E-state index is -0.658. The highest BCUT2D eigenvalue weighted by Crippen LogP contribution is 2.21. The van der Waals surface area contributed by atoms with E-state index >= 15 is 0 Å². The second-order valence-corrected chi connectivity index (χ2v) is 5.43. The predicted octanol–water partition coefficient (Wildman–Crippen LogP) is 3.87. The van der Waals surface area contributed by atoms with E-state index in [-0.39, 0.29) is 18.3 Å². The van der Waals surface area contributed by atoms with Crippen molar-refractivity contribution in [2.45, 2.75) is 26.5 Å². The molecule has 0 saturated heterocycles. The maximum atomic E-state index is 13.1. The Balaban J connectivity index is 1.90. The van der Waals surface area contributed by atoms with Crippen LogP contribution in [0.4, 0.5) is 4.39 Å². The first-order chi connectivity index (χ1) is 10.5. The Morgan fingerprint density at radius 2 is 2.09 bits per heavy atom. The first-order valence-electron chi connectivity index (χ1n) is 6.90. The van der Waals surface area contributed by atoms with Gasteiger partial charge in [-0.05, 0) is 55.3 Å².